The monoisotopic (exact) mass is 630 g/mol. The van der Waals surface area contributed by atoms with Crippen molar-refractivity contribution in [3.63, 3.8) is 0 Å². The largest absolute Gasteiger partial charge is 0.425 e. The molecule has 0 unspecified atom stereocenters. The third kappa shape index (κ3) is 12.0. The van der Waals surface area contributed by atoms with Gasteiger partial charge in [-0.1, -0.05) is 142 Å². The molecular formula is C42H62O4. The minimum Gasteiger partial charge on any atom is -0.425 e. The first kappa shape index (κ1) is 37.6. The van der Waals surface area contributed by atoms with E-state index in [1.807, 2.05) is 24.3 Å². The van der Waals surface area contributed by atoms with Crippen LogP contribution in [0.4, 0.5) is 0 Å². The van der Waals surface area contributed by atoms with Crippen LogP contribution in [0.15, 0.2) is 36.4 Å². The number of aryl methyl sites for hydroxylation is 2. The van der Waals surface area contributed by atoms with Gasteiger partial charge in [-0.3, -0.25) is 9.59 Å². The number of hydrogen-bond donors (Lipinski definition) is 0. The zero-order valence-electron chi connectivity index (χ0n) is 29.7. The molecule has 0 bridgehead atoms. The molecule has 0 atom stereocenters. The highest BCUT2D eigenvalue weighted by atomic mass is 16.5. The molecule has 3 rings (SSSR count). The van der Waals surface area contributed by atoms with Crippen LogP contribution in [-0.4, -0.2) is 11.9 Å². The number of fused-ring (bicyclic) bond motifs is 2. The molecule has 0 heterocycles. The van der Waals surface area contributed by atoms with Crippen LogP contribution < -0.4 is 9.47 Å². The average molecular weight is 631 g/mol. The Bertz CT molecular complexity index is 1240. The first-order chi connectivity index (χ1) is 22.5. The lowest BCUT2D eigenvalue weighted by Gasteiger charge is -2.19. The van der Waals surface area contributed by atoms with Gasteiger partial charge in [-0.25, -0.2) is 0 Å². The smallest absolute Gasteiger partial charge is 0.311 e. The first-order valence-electron chi connectivity index (χ1n) is 18.9. The van der Waals surface area contributed by atoms with Gasteiger partial charge in [0.05, 0.1) is 0 Å². The Kier molecular flexibility index (Phi) is 17.8. The van der Waals surface area contributed by atoms with Gasteiger partial charge in [0.2, 0.25) is 0 Å². The molecule has 0 fully saturated rings. The van der Waals surface area contributed by atoms with Crippen molar-refractivity contribution < 1.29 is 19.1 Å². The summed E-state index contributed by atoms with van der Waals surface area (Å²) < 4.78 is 12.5. The van der Waals surface area contributed by atoms with E-state index in [1.54, 1.807) is 0 Å². The Labute approximate surface area is 280 Å². The van der Waals surface area contributed by atoms with E-state index >= 15 is 0 Å². The Hall–Kier alpha value is -2.88. The van der Waals surface area contributed by atoms with Crippen molar-refractivity contribution in [2.75, 3.05) is 0 Å². The fraction of sp³-hybridized carbons (Fsp3) is 0.619. The van der Waals surface area contributed by atoms with E-state index in [1.165, 1.54) is 62.5 Å². The molecule has 0 aliphatic carbocycles. The minimum absolute atomic E-state index is 0.190. The standard InChI is InChI=1S/C42H62O4/c1-5-9-13-17-19-25-33-31-37-38(32-34(33)26-20-18-14-10-6-2)42(46-40(44)30-22-16-12-8-4)36-28-24-23-27-35(36)41(37)45-39(43)29-21-15-11-7-3/h23-24,27-28,31-32H,5-22,25-26,29-30H2,1-4H3. The van der Waals surface area contributed by atoms with E-state index in [2.05, 4.69) is 39.8 Å². The van der Waals surface area contributed by atoms with E-state index < -0.39 is 0 Å². The third-order valence-electron chi connectivity index (χ3n) is 9.25. The molecule has 0 aliphatic rings. The van der Waals surface area contributed by atoms with Gasteiger partial charge in [0.25, 0.3) is 0 Å². The predicted molar refractivity (Wildman–Crippen MR) is 195 cm³/mol. The highest BCUT2D eigenvalue weighted by Crippen LogP contribution is 2.44. The fourth-order valence-corrected chi connectivity index (χ4v) is 6.48. The Morgan fingerprint density at radius 1 is 0.457 bits per heavy atom. The van der Waals surface area contributed by atoms with Gasteiger partial charge >= 0.3 is 11.9 Å². The number of ether oxygens (including phenoxy) is 2. The Morgan fingerprint density at radius 3 is 1.17 bits per heavy atom. The molecule has 0 amide bonds. The SMILES string of the molecule is CCCCCCCc1cc2c(OC(=O)CCCCCC)c3ccccc3c(OC(=O)CCCCCC)c2cc1CCCCCCC. The van der Waals surface area contributed by atoms with Crippen molar-refractivity contribution in [2.45, 2.75) is 169 Å². The molecule has 3 aromatic rings. The quantitative estimate of drug-likeness (QED) is 0.0428. The molecular weight excluding hydrogens is 568 g/mol. The topological polar surface area (TPSA) is 52.6 Å². The van der Waals surface area contributed by atoms with Crippen molar-refractivity contribution in [3.8, 4) is 11.5 Å². The maximum absolute atomic E-state index is 13.2. The van der Waals surface area contributed by atoms with Crippen LogP contribution in [0.2, 0.25) is 0 Å². The number of esters is 2. The lowest BCUT2D eigenvalue weighted by molar-refractivity contribution is -0.135. The lowest BCUT2D eigenvalue weighted by Crippen LogP contribution is -2.11. The second-order valence-electron chi connectivity index (χ2n) is 13.3. The van der Waals surface area contributed by atoms with Crippen molar-refractivity contribution in [1.82, 2.24) is 0 Å². The molecule has 0 saturated heterocycles. The maximum Gasteiger partial charge on any atom is 0.311 e. The van der Waals surface area contributed by atoms with Crippen LogP contribution in [0.25, 0.3) is 21.5 Å². The number of unbranched alkanes of at least 4 members (excludes halogenated alkanes) is 14. The predicted octanol–water partition coefficient (Wildman–Crippen LogP) is 12.8. The molecule has 0 aliphatic heterocycles. The third-order valence-corrected chi connectivity index (χ3v) is 9.25. The highest BCUT2D eigenvalue weighted by molar-refractivity contribution is 6.13. The zero-order chi connectivity index (χ0) is 33.0. The van der Waals surface area contributed by atoms with Crippen LogP contribution in [0.1, 0.15) is 167 Å². The Balaban J connectivity index is 2.10. The number of carbonyl (C=O) groups is 2. The summed E-state index contributed by atoms with van der Waals surface area (Å²) in [7, 11) is 0. The van der Waals surface area contributed by atoms with Crippen molar-refractivity contribution in [1.29, 1.82) is 0 Å². The zero-order valence-corrected chi connectivity index (χ0v) is 29.7. The Morgan fingerprint density at radius 2 is 0.804 bits per heavy atom. The van der Waals surface area contributed by atoms with E-state index in [9.17, 15) is 9.59 Å². The number of benzene rings is 3. The van der Waals surface area contributed by atoms with Crippen LogP contribution in [0.3, 0.4) is 0 Å². The van der Waals surface area contributed by atoms with Crippen molar-refractivity contribution in [3.05, 3.63) is 47.5 Å². The van der Waals surface area contributed by atoms with Crippen LogP contribution in [0, 0.1) is 0 Å². The van der Waals surface area contributed by atoms with Gasteiger partial charge in [0.1, 0.15) is 11.5 Å². The summed E-state index contributed by atoms with van der Waals surface area (Å²) in [6.45, 7) is 8.87. The summed E-state index contributed by atoms with van der Waals surface area (Å²) in [5.74, 6) is 0.833. The normalized spacial score (nSPS) is 11.4. The molecule has 0 saturated carbocycles. The summed E-state index contributed by atoms with van der Waals surface area (Å²) in [6, 6.07) is 12.5. The van der Waals surface area contributed by atoms with Crippen LogP contribution in [0.5, 0.6) is 11.5 Å². The molecule has 4 heteroatoms. The van der Waals surface area contributed by atoms with Gasteiger partial charge in [-0.05, 0) is 61.8 Å². The van der Waals surface area contributed by atoms with Crippen molar-refractivity contribution in [2.24, 2.45) is 0 Å². The molecule has 4 nitrogen and oxygen atoms in total. The molecule has 0 N–H and O–H groups in total. The molecule has 46 heavy (non-hydrogen) atoms. The molecule has 0 aromatic heterocycles. The highest BCUT2D eigenvalue weighted by Gasteiger charge is 2.22. The van der Waals surface area contributed by atoms with Gasteiger partial charge in [0, 0.05) is 34.4 Å². The van der Waals surface area contributed by atoms with Crippen molar-refractivity contribution >= 4 is 33.5 Å². The summed E-state index contributed by atoms with van der Waals surface area (Å²) in [5, 5.41) is 3.42. The average Bonchev–Trinajstić information content (AvgIpc) is 3.06. The lowest BCUT2D eigenvalue weighted by atomic mass is 9.91. The first-order valence-corrected chi connectivity index (χ1v) is 18.9. The molecule has 0 spiro atoms. The van der Waals surface area contributed by atoms with Gasteiger partial charge < -0.3 is 9.47 Å². The van der Waals surface area contributed by atoms with E-state index in [0.29, 0.717) is 24.3 Å². The van der Waals surface area contributed by atoms with Crippen LogP contribution >= 0.6 is 0 Å². The van der Waals surface area contributed by atoms with Crippen LogP contribution in [-0.2, 0) is 22.4 Å². The van der Waals surface area contributed by atoms with E-state index in [4.69, 9.17) is 9.47 Å². The van der Waals surface area contributed by atoms with E-state index in [0.717, 1.165) is 98.6 Å². The molecule has 3 aromatic carbocycles. The van der Waals surface area contributed by atoms with Gasteiger partial charge in [0.15, 0.2) is 0 Å². The number of carbonyl (C=O) groups excluding carboxylic acids is 2. The summed E-state index contributed by atoms with van der Waals surface area (Å²) in [5.41, 5.74) is 2.68. The van der Waals surface area contributed by atoms with Gasteiger partial charge in [-0.15, -0.1) is 0 Å². The van der Waals surface area contributed by atoms with E-state index in [-0.39, 0.29) is 11.9 Å². The summed E-state index contributed by atoms with van der Waals surface area (Å²) >= 11 is 0. The number of rotatable bonds is 24. The second kappa shape index (κ2) is 21.8. The molecule has 254 valence electrons. The summed E-state index contributed by atoms with van der Waals surface area (Å²) in [4.78, 5) is 26.5. The fourth-order valence-electron chi connectivity index (χ4n) is 6.48. The van der Waals surface area contributed by atoms with Gasteiger partial charge in [-0.2, -0.15) is 0 Å². The maximum atomic E-state index is 13.2. The summed E-state index contributed by atoms with van der Waals surface area (Å²) in [6.07, 6.45) is 23.4. The number of hydrogen-bond acceptors (Lipinski definition) is 4. The molecule has 0 radical (unpaired) electrons. The minimum atomic E-state index is -0.190. The second-order valence-corrected chi connectivity index (χ2v) is 13.3.